The average molecular weight is 262 g/mol. The van der Waals surface area contributed by atoms with Gasteiger partial charge in [0.15, 0.2) is 6.61 Å². The summed E-state index contributed by atoms with van der Waals surface area (Å²) in [7, 11) is 2.11. The Labute approximate surface area is 114 Å². The highest BCUT2D eigenvalue weighted by molar-refractivity contribution is 5.77. The van der Waals surface area contributed by atoms with E-state index < -0.39 is 0 Å². The SMILES string of the molecule is Cc1ccccc1OCC(=O)NC1CCN(C)CC1. The smallest absolute Gasteiger partial charge is 0.258 e. The van der Waals surface area contributed by atoms with Gasteiger partial charge in [0.1, 0.15) is 5.75 Å². The van der Waals surface area contributed by atoms with E-state index in [1.165, 1.54) is 0 Å². The predicted molar refractivity (Wildman–Crippen MR) is 75.3 cm³/mol. The number of amides is 1. The average Bonchev–Trinajstić information content (AvgIpc) is 2.40. The van der Waals surface area contributed by atoms with Crippen molar-refractivity contribution < 1.29 is 9.53 Å². The van der Waals surface area contributed by atoms with Crippen LogP contribution < -0.4 is 10.1 Å². The van der Waals surface area contributed by atoms with Crippen molar-refractivity contribution in [2.24, 2.45) is 0 Å². The van der Waals surface area contributed by atoms with Gasteiger partial charge in [-0.25, -0.2) is 0 Å². The molecule has 1 N–H and O–H groups in total. The van der Waals surface area contributed by atoms with Crippen molar-refractivity contribution in [1.82, 2.24) is 10.2 Å². The first-order chi connectivity index (χ1) is 9.15. The Balaban J connectivity index is 1.74. The molecular formula is C15H22N2O2. The van der Waals surface area contributed by atoms with E-state index in [2.05, 4.69) is 17.3 Å². The highest BCUT2D eigenvalue weighted by Crippen LogP contribution is 2.16. The van der Waals surface area contributed by atoms with Crippen LogP contribution >= 0.6 is 0 Å². The van der Waals surface area contributed by atoms with Crippen LogP contribution in [0.4, 0.5) is 0 Å². The van der Waals surface area contributed by atoms with Gasteiger partial charge in [-0.2, -0.15) is 0 Å². The fourth-order valence-corrected chi connectivity index (χ4v) is 2.28. The molecule has 0 unspecified atom stereocenters. The van der Waals surface area contributed by atoms with Gasteiger partial charge >= 0.3 is 0 Å². The van der Waals surface area contributed by atoms with Crippen LogP contribution in [0.5, 0.6) is 5.75 Å². The summed E-state index contributed by atoms with van der Waals surface area (Å²) in [5.41, 5.74) is 1.05. The molecule has 0 saturated carbocycles. The quantitative estimate of drug-likeness (QED) is 0.896. The summed E-state index contributed by atoms with van der Waals surface area (Å²) >= 11 is 0. The van der Waals surface area contributed by atoms with E-state index in [4.69, 9.17) is 4.74 Å². The molecule has 2 rings (SSSR count). The Morgan fingerprint density at radius 1 is 1.37 bits per heavy atom. The number of hydrogen-bond donors (Lipinski definition) is 1. The third kappa shape index (κ3) is 4.24. The van der Waals surface area contributed by atoms with Crippen LogP contribution in [-0.4, -0.2) is 43.6 Å². The number of carbonyl (C=O) groups excluding carboxylic acids is 1. The molecule has 0 radical (unpaired) electrons. The fraction of sp³-hybridized carbons (Fsp3) is 0.533. The van der Waals surface area contributed by atoms with Crippen LogP contribution in [-0.2, 0) is 4.79 Å². The third-order valence-corrected chi connectivity index (χ3v) is 3.54. The summed E-state index contributed by atoms with van der Waals surface area (Å²) in [6.45, 7) is 4.16. The molecule has 1 heterocycles. The van der Waals surface area contributed by atoms with Gasteiger partial charge in [0, 0.05) is 6.04 Å². The van der Waals surface area contributed by atoms with Crippen LogP contribution in [0.15, 0.2) is 24.3 Å². The first kappa shape index (κ1) is 13.9. The van der Waals surface area contributed by atoms with Gasteiger partial charge in [0.05, 0.1) is 0 Å². The number of nitrogens with one attached hydrogen (secondary N) is 1. The molecule has 0 atom stereocenters. The molecule has 1 aliphatic rings. The first-order valence-corrected chi connectivity index (χ1v) is 6.81. The lowest BCUT2D eigenvalue weighted by molar-refractivity contribution is -0.124. The van der Waals surface area contributed by atoms with Crippen LogP contribution in [0.3, 0.4) is 0 Å². The number of benzene rings is 1. The Morgan fingerprint density at radius 2 is 2.05 bits per heavy atom. The molecule has 0 aromatic heterocycles. The number of ether oxygens (including phenoxy) is 1. The van der Waals surface area contributed by atoms with Crippen LogP contribution in [0.1, 0.15) is 18.4 Å². The first-order valence-electron chi connectivity index (χ1n) is 6.81. The number of para-hydroxylation sites is 1. The van der Waals surface area contributed by atoms with E-state index in [1.54, 1.807) is 0 Å². The summed E-state index contributed by atoms with van der Waals surface area (Å²) in [5, 5.41) is 3.04. The molecule has 1 amide bonds. The van der Waals surface area contributed by atoms with Crippen molar-refractivity contribution in [1.29, 1.82) is 0 Å². The van der Waals surface area contributed by atoms with E-state index in [9.17, 15) is 4.79 Å². The molecule has 1 aromatic carbocycles. The molecule has 1 saturated heterocycles. The normalized spacial score (nSPS) is 17.2. The summed E-state index contributed by atoms with van der Waals surface area (Å²) in [6, 6.07) is 8.03. The van der Waals surface area contributed by atoms with Crippen molar-refractivity contribution in [3.05, 3.63) is 29.8 Å². The van der Waals surface area contributed by atoms with E-state index in [-0.39, 0.29) is 12.5 Å². The zero-order valence-corrected chi connectivity index (χ0v) is 11.7. The van der Waals surface area contributed by atoms with Gasteiger partial charge in [-0.1, -0.05) is 18.2 Å². The summed E-state index contributed by atoms with van der Waals surface area (Å²) in [5.74, 6) is 0.749. The molecule has 4 nitrogen and oxygen atoms in total. The summed E-state index contributed by atoms with van der Waals surface area (Å²) in [6.07, 6.45) is 2.04. The van der Waals surface area contributed by atoms with E-state index in [0.717, 1.165) is 37.2 Å². The maximum Gasteiger partial charge on any atom is 0.258 e. The largest absolute Gasteiger partial charge is 0.484 e. The third-order valence-electron chi connectivity index (χ3n) is 3.54. The molecule has 0 spiro atoms. The van der Waals surface area contributed by atoms with Crippen molar-refractivity contribution >= 4 is 5.91 Å². The monoisotopic (exact) mass is 262 g/mol. The van der Waals surface area contributed by atoms with Gasteiger partial charge in [0.25, 0.3) is 5.91 Å². The second kappa shape index (κ2) is 6.57. The van der Waals surface area contributed by atoms with Crippen LogP contribution in [0.25, 0.3) is 0 Å². The topological polar surface area (TPSA) is 41.6 Å². The van der Waals surface area contributed by atoms with E-state index >= 15 is 0 Å². The maximum absolute atomic E-state index is 11.8. The predicted octanol–water partition coefficient (Wildman–Crippen LogP) is 1.58. The number of hydrogen-bond acceptors (Lipinski definition) is 3. The molecular weight excluding hydrogens is 240 g/mol. The van der Waals surface area contributed by atoms with Crippen molar-refractivity contribution in [3.63, 3.8) is 0 Å². The molecule has 1 fully saturated rings. The van der Waals surface area contributed by atoms with Gasteiger partial charge < -0.3 is 15.0 Å². The lowest BCUT2D eigenvalue weighted by Gasteiger charge is -2.29. The molecule has 1 aliphatic heterocycles. The van der Waals surface area contributed by atoms with Gasteiger partial charge in [-0.3, -0.25) is 4.79 Å². The maximum atomic E-state index is 11.8. The Bertz CT molecular complexity index is 426. The highest BCUT2D eigenvalue weighted by atomic mass is 16.5. The molecule has 0 aliphatic carbocycles. The Hall–Kier alpha value is -1.55. The number of rotatable bonds is 4. The van der Waals surface area contributed by atoms with Crippen molar-refractivity contribution in [2.75, 3.05) is 26.7 Å². The minimum Gasteiger partial charge on any atom is -0.484 e. The van der Waals surface area contributed by atoms with E-state index in [1.807, 2.05) is 31.2 Å². The second-order valence-corrected chi connectivity index (χ2v) is 5.20. The van der Waals surface area contributed by atoms with Crippen molar-refractivity contribution in [3.8, 4) is 5.75 Å². The Kier molecular flexibility index (Phi) is 4.80. The van der Waals surface area contributed by atoms with Gasteiger partial charge in [0.2, 0.25) is 0 Å². The number of likely N-dealkylation sites (tertiary alicyclic amines) is 1. The van der Waals surface area contributed by atoms with Gasteiger partial charge in [-0.15, -0.1) is 0 Å². The molecule has 1 aromatic rings. The van der Waals surface area contributed by atoms with Crippen molar-refractivity contribution in [2.45, 2.75) is 25.8 Å². The fourth-order valence-electron chi connectivity index (χ4n) is 2.28. The lowest BCUT2D eigenvalue weighted by Crippen LogP contribution is -2.44. The minimum atomic E-state index is -0.0298. The molecule has 104 valence electrons. The summed E-state index contributed by atoms with van der Waals surface area (Å²) in [4.78, 5) is 14.1. The Morgan fingerprint density at radius 3 is 2.74 bits per heavy atom. The molecule has 0 bridgehead atoms. The zero-order valence-electron chi connectivity index (χ0n) is 11.7. The van der Waals surface area contributed by atoms with Crippen LogP contribution in [0, 0.1) is 6.92 Å². The highest BCUT2D eigenvalue weighted by Gasteiger charge is 2.18. The molecule has 4 heteroatoms. The molecule has 19 heavy (non-hydrogen) atoms. The number of piperidine rings is 1. The zero-order chi connectivity index (χ0) is 13.7. The number of carbonyl (C=O) groups is 1. The second-order valence-electron chi connectivity index (χ2n) is 5.20. The van der Waals surface area contributed by atoms with E-state index in [0.29, 0.717) is 6.04 Å². The number of nitrogens with zero attached hydrogens (tertiary/aromatic N) is 1. The van der Waals surface area contributed by atoms with Gasteiger partial charge in [-0.05, 0) is 51.5 Å². The number of aryl methyl sites for hydroxylation is 1. The minimum absolute atomic E-state index is 0.0298. The summed E-state index contributed by atoms with van der Waals surface area (Å²) < 4.78 is 5.54. The lowest BCUT2D eigenvalue weighted by atomic mass is 10.1. The van der Waals surface area contributed by atoms with Crippen LogP contribution in [0.2, 0.25) is 0 Å². The standard InChI is InChI=1S/C15H22N2O2/c1-12-5-3-4-6-14(12)19-11-15(18)16-13-7-9-17(2)10-8-13/h3-6,13H,7-11H2,1-2H3,(H,16,18).